The quantitative estimate of drug-likeness (QED) is 0.901. The first-order chi connectivity index (χ1) is 9.37. The molecule has 0 fully saturated rings. The molecule has 0 aromatic carbocycles. The van der Waals surface area contributed by atoms with Crippen LogP contribution < -0.4 is 4.72 Å². The summed E-state index contributed by atoms with van der Waals surface area (Å²) in [5, 5.41) is 2.41. The Morgan fingerprint density at radius 1 is 1.40 bits per heavy atom. The monoisotopic (exact) mass is 349 g/mol. The molecule has 0 radical (unpaired) electrons. The fourth-order valence-corrected chi connectivity index (χ4v) is 4.90. The van der Waals surface area contributed by atoms with Gasteiger partial charge in [-0.15, -0.1) is 22.7 Å². The average Bonchev–Trinajstić information content (AvgIpc) is 2.95. The molecule has 20 heavy (non-hydrogen) atoms. The summed E-state index contributed by atoms with van der Waals surface area (Å²) < 4.78 is 26.1. The lowest BCUT2D eigenvalue weighted by molar-refractivity contribution is -0.119. The number of sulfonamides is 1. The van der Waals surface area contributed by atoms with Crippen molar-refractivity contribution in [1.29, 1.82) is 0 Å². The van der Waals surface area contributed by atoms with Crippen molar-refractivity contribution in [3.63, 3.8) is 0 Å². The first-order valence-electron chi connectivity index (χ1n) is 5.72. The van der Waals surface area contributed by atoms with Gasteiger partial charge in [0.2, 0.25) is 5.91 Å². The smallest absolute Gasteiger partial charge is 0.273 e. The minimum Gasteiger partial charge on any atom is -0.274 e. The number of aryl methyl sites for hydroxylation is 2. The van der Waals surface area contributed by atoms with Gasteiger partial charge in [-0.05, 0) is 31.5 Å². The molecule has 0 aliphatic rings. The molecule has 2 heterocycles. The molecule has 0 saturated carbocycles. The second-order valence-corrected chi connectivity index (χ2v) is 8.75. The second-order valence-electron chi connectivity index (χ2n) is 4.12. The summed E-state index contributed by atoms with van der Waals surface area (Å²) in [6, 6.07) is 4.97. The molecule has 0 spiro atoms. The summed E-state index contributed by atoms with van der Waals surface area (Å²) in [5.41, 5.74) is 0. The summed E-state index contributed by atoms with van der Waals surface area (Å²) in [6.45, 7) is 1.81. The highest BCUT2D eigenvalue weighted by Gasteiger charge is 2.19. The van der Waals surface area contributed by atoms with Crippen LogP contribution in [0.3, 0.4) is 0 Å². The highest BCUT2D eigenvalue weighted by molar-refractivity contribution is 7.92. The van der Waals surface area contributed by atoms with E-state index in [2.05, 4.69) is 4.72 Å². The van der Waals surface area contributed by atoms with E-state index in [4.69, 9.17) is 11.6 Å². The van der Waals surface area contributed by atoms with Crippen LogP contribution in [-0.4, -0.2) is 14.3 Å². The van der Waals surface area contributed by atoms with E-state index in [0.717, 1.165) is 21.1 Å². The van der Waals surface area contributed by atoms with E-state index >= 15 is 0 Å². The third kappa shape index (κ3) is 4.05. The van der Waals surface area contributed by atoms with E-state index in [1.165, 1.54) is 17.4 Å². The van der Waals surface area contributed by atoms with E-state index < -0.39 is 15.9 Å². The lowest BCUT2D eigenvalue weighted by atomic mass is 10.2. The van der Waals surface area contributed by atoms with Crippen molar-refractivity contribution in [2.45, 2.75) is 24.0 Å². The number of rotatable bonds is 5. The number of carbonyl (C=O) groups excluding carboxylic acids is 1. The zero-order chi connectivity index (χ0) is 14.8. The van der Waals surface area contributed by atoms with Crippen molar-refractivity contribution >= 4 is 50.2 Å². The zero-order valence-corrected chi connectivity index (χ0v) is 13.8. The van der Waals surface area contributed by atoms with Crippen LogP contribution in [0.25, 0.3) is 0 Å². The van der Waals surface area contributed by atoms with Gasteiger partial charge in [-0.2, -0.15) is 0 Å². The van der Waals surface area contributed by atoms with Gasteiger partial charge in [0, 0.05) is 21.6 Å². The largest absolute Gasteiger partial charge is 0.274 e. The molecule has 1 N–H and O–H groups in total. The molecule has 0 atom stereocenters. The number of hydrogen-bond donors (Lipinski definition) is 1. The third-order valence-electron chi connectivity index (χ3n) is 2.45. The maximum Gasteiger partial charge on any atom is 0.273 e. The molecule has 4 nitrogen and oxygen atoms in total. The van der Waals surface area contributed by atoms with Gasteiger partial charge in [0.1, 0.15) is 4.21 Å². The van der Waals surface area contributed by atoms with E-state index in [1.807, 2.05) is 6.92 Å². The number of hydrogen-bond acceptors (Lipinski definition) is 5. The van der Waals surface area contributed by atoms with Crippen molar-refractivity contribution in [1.82, 2.24) is 4.72 Å². The van der Waals surface area contributed by atoms with Crippen LogP contribution >= 0.6 is 34.3 Å². The Labute approximate surface area is 130 Å². The molecular weight excluding hydrogens is 338 g/mol. The Hall–Kier alpha value is -0.890. The number of thiophene rings is 2. The van der Waals surface area contributed by atoms with Crippen molar-refractivity contribution in [3.05, 3.63) is 38.4 Å². The van der Waals surface area contributed by atoms with Gasteiger partial charge in [-0.25, -0.2) is 13.1 Å². The molecule has 0 aliphatic carbocycles. The molecule has 0 saturated heterocycles. The molecule has 1 amide bonds. The van der Waals surface area contributed by atoms with Crippen LogP contribution in [-0.2, 0) is 21.2 Å². The highest BCUT2D eigenvalue weighted by atomic mass is 35.5. The van der Waals surface area contributed by atoms with Crippen LogP contribution in [0.5, 0.6) is 0 Å². The molecule has 0 bridgehead atoms. The van der Waals surface area contributed by atoms with E-state index in [-0.39, 0.29) is 10.6 Å². The van der Waals surface area contributed by atoms with Crippen LogP contribution in [0.4, 0.5) is 0 Å². The van der Waals surface area contributed by atoms with Crippen LogP contribution in [0.15, 0.2) is 27.8 Å². The maximum absolute atomic E-state index is 11.9. The minimum absolute atomic E-state index is 0.112. The van der Waals surface area contributed by atoms with Gasteiger partial charge >= 0.3 is 0 Å². The molecule has 108 valence electrons. The molecular formula is C12H12ClNO3S3. The summed E-state index contributed by atoms with van der Waals surface area (Å²) in [6.07, 6.45) is 0.586. The van der Waals surface area contributed by atoms with Gasteiger partial charge < -0.3 is 0 Å². The zero-order valence-electron chi connectivity index (χ0n) is 10.6. The molecule has 0 aliphatic heterocycles. The topological polar surface area (TPSA) is 63.2 Å². The van der Waals surface area contributed by atoms with Crippen molar-refractivity contribution in [3.8, 4) is 0 Å². The number of nitrogens with one attached hydrogen (secondary N) is 1. The summed E-state index contributed by atoms with van der Waals surface area (Å²) in [7, 11) is -3.74. The molecule has 2 aromatic rings. The third-order valence-corrected chi connectivity index (χ3v) is 6.66. The predicted molar refractivity (Wildman–Crippen MR) is 82.0 cm³/mol. The Kier molecular flexibility index (Phi) is 4.85. The normalized spacial score (nSPS) is 11.5. The number of amides is 1. The van der Waals surface area contributed by atoms with Crippen LogP contribution in [0, 0.1) is 6.92 Å². The lowest BCUT2D eigenvalue weighted by Crippen LogP contribution is -2.30. The summed E-state index contributed by atoms with van der Waals surface area (Å²) in [5.74, 6) is -0.513. The van der Waals surface area contributed by atoms with Gasteiger partial charge in [0.05, 0.1) is 5.02 Å². The molecule has 2 rings (SSSR count). The number of carbonyl (C=O) groups is 1. The number of halogens is 1. The van der Waals surface area contributed by atoms with Gasteiger partial charge in [0.15, 0.2) is 0 Å². The van der Waals surface area contributed by atoms with Crippen molar-refractivity contribution in [2.75, 3.05) is 0 Å². The second kappa shape index (κ2) is 6.26. The fourth-order valence-electron chi connectivity index (χ4n) is 1.53. The van der Waals surface area contributed by atoms with Crippen molar-refractivity contribution in [2.24, 2.45) is 0 Å². The maximum atomic E-state index is 11.9. The first-order valence-corrected chi connectivity index (χ1v) is 9.27. The first kappa shape index (κ1) is 15.5. The van der Waals surface area contributed by atoms with E-state index in [0.29, 0.717) is 11.4 Å². The predicted octanol–water partition coefficient (Wildman–Crippen LogP) is 3.21. The SMILES string of the molecule is Cc1ccc(S(=O)(=O)NC(=O)CCc2cc(Cl)cs2)s1. The van der Waals surface area contributed by atoms with Crippen molar-refractivity contribution < 1.29 is 13.2 Å². The molecule has 2 aromatic heterocycles. The fraction of sp³-hybridized carbons (Fsp3) is 0.250. The lowest BCUT2D eigenvalue weighted by Gasteiger charge is -2.04. The summed E-state index contributed by atoms with van der Waals surface area (Å²) >= 11 is 8.37. The van der Waals surface area contributed by atoms with Gasteiger partial charge in [-0.3, -0.25) is 4.79 Å². The van der Waals surface area contributed by atoms with Gasteiger partial charge in [-0.1, -0.05) is 11.6 Å². The van der Waals surface area contributed by atoms with E-state index in [9.17, 15) is 13.2 Å². The highest BCUT2D eigenvalue weighted by Crippen LogP contribution is 2.22. The minimum atomic E-state index is -3.74. The van der Waals surface area contributed by atoms with Gasteiger partial charge in [0.25, 0.3) is 10.0 Å². The Bertz CT molecular complexity index is 718. The Morgan fingerprint density at radius 2 is 2.15 bits per heavy atom. The van der Waals surface area contributed by atoms with Crippen LogP contribution in [0.1, 0.15) is 16.2 Å². The van der Waals surface area contributed by atoms with E-state index in [1.54, 1.807) is 17.5 Å². The van der Waals surface area contributed by atoms with Crippen LogP contribution in [0.2, 0.25) is 5.02 Å². The summed E-state index contributed by atoms with van der Waals surface area (Å²) in [4.78, 5) is 13.5. The Balaban J connectivity index is 1.94. The molecule has 0 unspecified atom stereocenters. The molecule has 8 heteroatoms. The Morgan fingerprint density at radius 3 is 2.70 bits per heavy atom. The average molecular weight is 350 g/mol. The standard InChI is InChI=1S/C12H12ClNO3S3/c1-8-2-5-12(19-8)20(16,17)14-11(15)4-3-10-6-9(13)7-18-10/h2,5-7H,3-4H2,1H3,(H,14,15).